The number of aromatic nitrogens is 2. The van der Waals surface area contributed by atoms with Crippen LogP contribution >= 0.6 is 15.9 Å². The van der Waals surface area contributed by atoms with Gasteiger partial charge in [-0.1, -0.05) is 0 Å². The molecule has 12 heavy (non-hydrogen) atoms. The van der Waals surface area contributed by atoms with Crippen molar-refractivity contribution in [1.82, 2.24) is 15.3 Å². The predicted octanol–water partition coefficient (Wildman–Crippen LogP) is 0.318. The largest absolute Gasteiger partial charge is 0.344 e. The van der Waals surface area contributed by atoms with E-state index in [1.807, 2.05) is 0 Å². The maximum Gasteiger partial charge on any atom is 0.128 e. The lowest BCUT2D eigenvalue weighted by atomic mass is 10.0. The summed E-state index contributed by atoms with van der Waals surface area (Å²) in [6.07, 6.45) is 0. The van der Waals surface area contributed by atoms with Crippen LogP contribution in [0.25, 0.3) is 0 Å². The lowest BCUT2D eigenvalue weighted by Gasteiger charge is -2.24. The number of nitrogens with two attached hydrogens (primary N) is 1. The Morgan fingerprint density at radius 2 is 2.33 bits per heavy atom. The van der Waals surface area contributed by atoms with E-state index in [1.54, 1.807) is 0 Å². The van der Waals surface area contributed by atoms with Gasteiger partial charge in [-0.25, -0.2) is 4.98 Å². The number of hydrogen-bond acceptors (Lipinski definition) is 3. The van der Waals surface area contributed by atoms with E-state index in [-0.39, 0.29) is 0 Å². The monoisotopic (exact) mass is 230 g/mol. The quantitative estimate of drug-likeness (QED) is 0.686. The third kappa shape index (κ3) is 1.28. The Morgan fingerprint density at radius 1 is 1.58 bits per heavy atom. The van der Waals surface area contributed by atoms with Gasteiger partial charge in [-0.2, -0.15) is 0 Å². The van der Waals surface area contributed by atoms with Crippen LogP contribution in [0.15, 0.2) is 4.60 Å². The Balaban J connectivity index is 2.21. The summed E-state index contributed by atoms with van der Waals surface area (Å²) in [6, 6.07) is 0. The highest BCUT2D eigenvalue weighted by atomic mass is 79.9. The molecule has 1 saturated heterocycles. The summed E-state index contributed by atoms with van der Waals surface area (Å²) in [5.74, 6) is 1.59. The lowest BCUT2D eigenvalue weighted by Crippen LogP contribution is -2.40. The minimum absolute atomic E-state index is 0.508. The third-order valence-corrected chi connectivity index (χ3v) is 2.77. The van der Waals surface area contributed by atoms with E-state index < -0.39 is 0 Å². The van der Waals surface area contributed by atoms with Crippen molar-refractivity contribution < 1.29 is 0 Å². The van der Waals surface area contributed by atoms with Gasteiger partial charge in [0.1, 0.15) is 10.4 Å². The number of aromatic amines is 1. The van der Waals surface area contributed by atoms with Crippen LogP contribution in [-0.2, 0) is 6.54 Å². The molecule has 1 fully saturated rings. The first-order chi connectivity index (χ1) is 5.81. The number of rotatable bonds is 2. The highest BCUT2D eigenvalue weighted by Crippen LogP contribution is 2.21. The first-order valence-corrected chi connectivity index (χ1v) is 4.75. The molecule has 66 valence electrons. The molecule has 1 aliphatic rings. The van der Waals surface area contributed by atoms with E-state index in [2.05, 4.69) is 31.2 Å². The molecule has 1 aromatic rings. The van der Waals surface area contributed by atoms with Gasteiger partial charge in [0, 0.05) is 25.6 Å². The second-order valence-corrected chi connectivity index (χ2v) is 3.70. The van der Waals surface area contributed by atoms with Gasteiger partial charge < -0.3 is 16.0 Å². The van der Waals surface area contributed by atoms with E-state index in [0.29, 0.717) is 12.5 Å². The first-order valence-electron chi connectivity index (χ1n) is 3.96. The van der Waals surface area contributed by atoms with Crippen LogP contribution in [0.5, 0.6) is 0 Å². The van der Waals surface area contributed by atoms with Gasteiger partial charge in [0.2, 0.25) is 0 Å². The van der Waals surface area contributed by atoms with Crippen molar-refractivity contribution >= 4 is 15.9 Å². The number of hydrogen-bond donors (Lipinski definition) is 3. The molecular formula is C7H11BrN4. The summed E-state index contributed by atoms with van der Waals surface area (Å²) >= 11 is 3.36. The fraction of sp³-hybridized carbons (Fsp3) is 0.571. The second-order valence-electron chi connectivity index (χ2n) is 2.95. The van der Waals surface area contributed by atoms with Gasteiger partial charge in [-0.3, -0.25) is 0 Å². The van der Waals surface area contributed by atoms with Crippen molar-refractivity contribution in [2.45, 2.75) is 12.5 Å². The Hall–Kier alpha value is -0.390. The van der Waals surface area contributed by atoms with Crippen LogP contribution in [0.1, 0.15) is 17.4 Å². The third-order valence-electron chi connectivity index (χ3n) is 2.12. The van der Waals surface area contributed by atoms with Gasteiger partial charge in [0.25, 0.3) is 0 Å². The smallest absolute Gasteiger partial charge is 0.128 e. The van der Waals surface area contributed by atoms with Gasteiger partial charge in [-0.15, -0.1) is 0 Å². The van der Waals surface area contributed by atoms with Crippen molar-refractivity contribution in [2.75, 3.05) is 13.1 Å². The molecular weight excluding hydrogens is 220 g/mol. The number of H-pyrrole nitrogens is 1. The van der Waals surface area contributed by atoms with Crippen molar-refractivity contribution in [1.29, 1.82) is 0 Å². The molecule has 2 rings (SSSR count). The van der Waals surface area contributed by atoms with E-state index >= 15 is 0 Å². The Labute approximate surface area is 79.1 Å². The molecule has 1 aromatic heterocycles. The van der Waals surface area contributed by atoms with Crippen LogP contribution in [0.2, 0.25) is 0 Å². The molecule has 0 amide bonds. The van der Waals surface area contributed by atoms with Crippen LogP contribution in [0.3, 0.4) is 0 Å². The van der Waals surface area contributed by atoms with Gasteiger partial charge >= 0.3 is 0 Å². The fourth-order valence-electron chi connectivity index (χ4n) is 1.22. The normalized spacial score (nSPS) is 17.8. The molecule has 0 radical (unpaired) electrons. The molecule has 0 bridgehead atoms. The fourth-order valence-corrected chi connectivity index (χ4v) is 1.67. The molecule has 0 spiro atoms. The summed E-state index contributed by atoms with van der Waals surface area (Å²) in [5.41, 5.74) is 6.49. The number of halogens is 1. The van der Waals surface area contributed by atoms with Gasteiger partial charge in [-0.05, 0) is 15.9 Å². The Kier molecular flexibility index (Phi) is 2.16. The summed E-state index contributed by atoms with van der Waals surface area (Å²) in [7, 11) is 0. The molecule has 0 saturated carbocycles. The number of nitrogens with zero attached hydrogens (tertiary/aromatic N) is 1. The molecule has 0 aromatic carbocycles. The molecule has 4 nitrogen and oxygen atoms in total. The van der Waals surface area contributed by atoms with E-state index in [9.17, 15) is 0 Å². The average molecular weight is 231 g/mol. The van der Waals surface area contributed by atoms with Crippen molar-refractivity contribution in [3.63, 3.8) is 0 Å². The zero-order valence-corrected chi connectivity index (χ0v) is 8.19. The zero-order chi connectivity index (χ0) is 8.55. The summed E-state index contributed by atoms with van der Waals surface area (Å²) in [5, 5.41) is 3.20. The standard InChI is InChI=1S/C7H11BrN4/c8-6-5(1-9)11-7(12-6)4-2-10-3-4/h4,10H,1-3,9H2,(H,11,12). The van der Waals surface area contributed by atoms with Crippen molar-refractivity contribution in [3.05, 3.63) is 16.1 Å². The highest BCUT2D eigenvalue weighted by Gasteiger charge is 2.22. The van der Waals surface area contributed by atoms with Gasteiger partial charge in [0.15, 0.2) is 0 Å². The molecule has 0 unspecified atom stereocenters. The predicted molar refractivity (Wildman–Crippen MR) is 49.8 cm³/mol. The SMILES string of the molecule is NCc1[nH]c(C2CNC2)nc1Br. The first kappa shape index (κ1) is 8.22. The minimum Gasteiger partial charge on any atom is -0.344 e. The molecule has 0 atom stereocenters. The molecule has 1 aliphatic heterocycles. The highest BCUT2D eigenvalue weighted by molar-refractivity contribution is 9.10. The summed E-state index contributed by atoms with van der Waals surface area (Å²) < 4.78 is 0.854. The van der Waals surface area contributed by atoms with Crippen LogP contribution in [-0.4, -0.2) is 23.1 Å². The second kappa shape index (κ2) is 3.16. The molecule has 4 N–H and O–H groups in total. The maximum absolute atomic E-state index is 5.51. The van der Waals surface area contributed by atoms with E-state index in [4.69, 9.17) is 5.73 Å². The Bertz CT molecular complexity index is 279. The van der Waals surface area contributed by atoms with Crippen LogP contribution < -0.4 is 11.1 Å². The summed E-state index contributed by atoms with van der Waals surface area (Å²) in [6.45, 7) is 2.54. The molecule has 5 heteroatoms. The van der Waals surface area contributed by atoms with E-state index in [0.717, 1.165) is 29.2 Å². The molecule has 2 heterocycles. The Morgan fingerprint density at radius 3 is 2.75 bits per heavy atom. The van der Waals surface area contributed by atoms with Crippen molar-refractivity contribution in [3.8, 4) is 0 Å². The average Bonchev–Trinajstić information content (AvgIpc) is 2.27. The van der Waals surface area contributed by atoms with Gasteiger partial charge in [0.05, 0.1) is 5.69 Å². The number of nitrogens with one attached hydrogen (secondary N) is 2. The lowest BCUT2D eigenvalue weighted by molar-refractivity contribution is 0.432. The van der Waals surface area contributed by atoms with E-state index in [1.165, 1.54) is 0 Å². The topological polar surface area (TPSA) is 66.7 Å². The van der Waals surface area contributed by atoms with Crippen LogP contribution in [0, 0.1) is 0 Å². The van der Waals surface area contributed by atoms with Crippen LogP contribution in [0.4, 0.5) is 0 Å². The van der Waals surface area contributed by atoms with Crippen molar-refractivity contribution in [2.24, 2.45) is 5.73 Å². The molecule has 0 aliphatic carbocycles. The zero-order valence-electron chi connectivity index (χ0n) is 6.60. The summed E-state index contributed by atoms with van der Waals surface area (Å²) in [4.78, 5) is 7.55. The number of imidazole rings is 1. The minimum atomic E-state index is 0.508. The maximum atomic E-state index is 5.51.